The molecule has 1 aliphatic rings. The fourth-order valence-electron chi connectivity index (χ4n) is 2.45. The lowest BCUT2D eigenvalue weighted by Gasteiger charge is -2.24. The maximum absolute atomic E-state index is 5.50. The highest BCUT2D eigenvalue weighted by Crippen LogP contribution is 2.17. The van der Waals surface area contributed by atoms with Crippen LogP contribution >= 0.6 is 0 Å². The maximum atomic E-state index is 5.50. The zero-order valence-electron chi connectivity index (χ0n) is 11.4. The summed E-state index contributed by atoms with van der Waals surface area (Å²) in [4.78, 5) is 11.7. The highest BCUT2D eigenvalue weighted by molar-refractivity contribution is 5.79. The molecule has 6 nitrogen and oxygen atoms in total. The van der Waals surface area contributed by atoms with Crippen molar-refractivity contribution in [3.63, 3.8) is 0 Å². The van der Waals surface area contributed by atoms with Crippen molar-refractivity contribution in [3.8, 4) is 0 Å². The topological polar surface area (TPSA) is 91.1 Å². The van der Waals surface area contributed by atoms with E-state index in [9.17, 15) is 0 Å². The molecule has 0 atom stereocenters. The Morgan fingerprint density at radius 1 is 1.42 bits per heavy atom. The Balaban J connectivity index is 1.68. The number of aryl methyl sites for hydroxylation is 1. The maximum Gasteiger partial charge on any atom is 0.205 e. The van der Waals surface area contributed by atoms with Crippen molar-refractivity contribution in [1.29, 1.82) is 0 Å². The Morgan fingerprint density at radius 2 is 2.26 bits per heavy atom. The van der Waals surface area contributed by atoms with E-state index in [2.05, 4.69) is 25.7 Å². The summed E-state index contributed by atoms with van der Waals surface area (Å²) in [6, 6.07) is 0.522. The molecule has 1 aliphatic carbocycles. The Hall–Kier alpha value is -1.56. The number of nitrogens with one attached hydrogen (secondary N) is 3. The third kappa shape index (κ3) is 4.90. The summed E-state index contributed by atoms with van der Waals surface area (Å²) in [5, 5.41) is 3.39. The zero-order valence-corrected chi connectivity index (χ0v) is 11.4. The molecule has 106 valence electrons. The number of hydrogen-bond acceptors (Lipinski definition) is 3. The Bertz CT molecular complexity index is 366. The van der Waals surface area contributed by atoms with Gasteiger partial charge < -0.3 is 10.3 Å². The van der Waals surface area contributed by atoms with Crippen LogP contribution in [-0.2, 0) is 6.42 Å². The van der Waals surface area contributed by atoms with Gasteiger partial charge in [0, 0.05) is 31.4 Å². The van der Waals surface area contributed by atoms with Crippen molar-refractivity contribution in [1.82, 2.24) is 20.7 Å². The van der Waals surface area contributed by atoms with Gasteiger partial charge in [0.1, 0.15) is 5.82 Å². The van der Waals surface area contributed by atoms with Crippen LogP contribution in [0.1, 0.15) is 44.3 Å². The Morgan fingerprint density at radius 3 is 2.95 bits per heavy atom. The summed E-state index contributed by atoms with van der Waals surface area (Å²) < 4.78 is 0. The molecule has 0 spiro atoms. The van der Waals surface area contributed by atoms with Crippen molar-refractivity contribution in [2.45, 2.75) is 51.0 Å². The number of rotatable bonds is 5. The second-order valence-corrected chi connectivity index (χ2v) is 4.99. The first-order valence-electron chi connectivity index (χ1n) is 7.14. The summed E-state index contributed by atoms with van der Waals surface area (Å²) in [6.07, 6.45) is 11.9. The van der Waals surface area contributed by atoms with E-state index in [0.29, 0.717) is 12.0 Å². The van der Waals surface area contributed by atoms with Gasteiger partial charge in [-0.05, 0) is 19.3 Å². The van der Waals surface area contributed by atoms with Crippen molar-refractivity contribution in [2.75, 3.05) is 6.54 Å². The van der Waals surface area contributed by atoms with Crippen LogP contribution in [0.5, 0.6) is 0 Å². The fourth-order valence-corrected chi connectivity index (χ4v) is 2.45. The highest BCUT2D eigenvalue weighted by Gasteiger charge is 2.13. The number of aliphatic imine (C=N–C) groups is 1. The molecule has 1 heterocycles. The van der Waals surface area contributed by atoms with E-state index in [0.717, 1.165) is 25.2 Å². The monoisotopic (exact) mass is 264 g/mol. The van der Waals surface area contributed by atoms with E-state index in [1.54, 1.807) is 6.20 Å². The first kappa shape index (κ1) is 13.9. The fraction of sp³-hybridized carbons (Fsp3) is 0.692. The van der Waals surface area contributed by atoms with E-state index >= 15 is 0 Å². The number of guanidine groups is 1. The van der Waals surface area contributed by atoms with Gasteiger partial charge in [-0.2, -0.15) is 0 Å². The molecule has 0 saturated heterocycles. The summed E-state index contributed by atoms with van der Waals surface area (Å²) in [5.74, 6) is 7.23. The first-order valence-corrected chi connectivity index (χ1v) is 7.14. The SMILES string of the molecule is NNC(=NCCCc1ncc[nH]1)NC1CCCCC1. The van der Waals surface area contributed by atoms with Crippen LogP contribution < -0.4 is 16.6 Å². The lowest BCUT2D eigenvalue weighted by atomic mass is 9.96. The minimum absolute atomic E-state index is 0.522. The standard InChI is InChI=1S/C13H24N6/c14-19-13(18-11-5-2-1-3-6-11)17-8-4-7-12-15-9-10-16-12/h9-11H,1-8,14H2,(H,15,16)(H2,17,18,19). The number of hydrazine groups is 1. The first-order chi connectivity index (χ1) is 9.38. The van der Waals surface area contributed by atoms with Gasteiger partial charge in [0.15, 0.2) is 0 Å². The van der Waals surface area contributed by atoms with E-state index in [-0.39, 0.29) is 0 Å². The Labute approximate surface area is 114 Å². The largest absolute Gasteiger partial charge is 0.353 e. The molecule has 2 rings (SSSR count). The normalized spacial score (nSPS) is 17.4. The predicted octanol–water partition coefficient (Wildman–Crippen LogP) is 1.08. The Kier molecular flexibility index (Phi) is 5.68. The number of H-pyrrole nitrogens is 1. The minimum atomic E-state index is 0.522. The third-order valence-corrected chi connectivity index (χ3v) is 3.48. The highest BCUT2D eigenvalue weighted by atomic mass is 15.3. The summed E-state index contributed by atoms with van der Waals surface area (Å²) >= 11 is 0. The molecule has 0 amide bonds. The van der Waals surface area contributed by atoms with Crippen molar-refractivity contribution < 1.29 is 0 Å². The lowest BCUT2D eigenvalue weighted by molar-refractivity contribution is 0.410. The van der Waals surface area contributed by atoms with Crippen LogP contribution in [0.3, 0.4) is 0 Å². The van der Waals surface area contributed by atoms with Crippen LogP contribution in [0.25, 0.3) is 0 Å². The van der Waals surface area contributed by atoms with Gasteiger partial charge in [-0.15, -0.1) is 0 Å². The van der Waals surface area contributed by atoms with Gasteiger partial charge >= 0.3 is 0 Å². The number of nitrogens with two attached hydrogens (primary N) is 1. The van der Waals surface area contributed by atoms with Crippen LogP contribution in [-0.4, -0.2) is 28.5 Å². The van der Waals surface area contributed by atoms with Crippen LogP contribution in [0, 0.1) is 0 Å². The third-order valence-electron chi connectivity index (χ3n) is 3.48. The number of nitrogens with zero attached hydrogens (tertiary/aromatic N) is 2. The molecular weight excluding hydrogens is 240 g/mol. The van der Waals surface area contributed by atoms with Crippen LogP contribution in [0.15, 0.2) is 17.4 Å². The molecule has 1 aromatic rings. The quantitative estimate of drug-likeness (QED) is 0.211. The molecule has 0 bridgehead atoms. The number of hydrogen-bond donors (Lipinski definition) is 4. The molecule has 0 aliphatic heterocycles. The van der Waals surface area contributed by atoms with Gasteiger partial charge in [0.2, 0.25) is 5.96 Å². The van der Waals surface area contributed by atoms with E-state index in [4.69, 9.17) is 5.84 Å². The molecule has 0 unspecified atom stereocenters. The van der Waals surface area contributed by atoms with Crippen molar-refractivity contribution in [3.05, 3.63) is 18.2 Å². The molecule has 6 heteroatoms. The van der Waals surface area contributed by atoms with Crippen LogP contribution in [0.4, 0.5) is 0 Å². The molecule has 1 fully saturated rings. The average molecular weight is 264 g/mol. The summed E-state index contributed by atoms with van der Waals surface area (Å²) in [5.41, 5.74) is 2.66. The smallest absolute Gasteiger partial charge is 0.205 e. The molecule has 1 saturated carbocycles. The zero-order chi connectivity index (χ0) is 13.3. The molecule has 0 aromatic carbocycles. The number of aromatic amines is 1. The summed E-state index contributed by atoms with van der Waals surface area (Å²) in [6.45, 7) is 0.750. The molecule has 19 heavy (non-hydrogen) atoms. The number of aromatic nitrogens is 2. The van der Waals surface area contributed by atoms with Gasteiger partial charge in [-0.25, -0.2) is 10.8 Å². The molecule has 0 radical (unpaired) electrons. The van der Waals surface area contributed by atoms with Gasteiger partial charge in [0.25, 0.3) is 0 Å². The molecular formula is C13H24N6. The van der Waals surface area contributed by atoms with Gasteiger partial charge in [0.05, 0.1) is 0 Å². The average Bonchev–Trinajstić information content (AvgIpc) is 2.96. The van der Waals surface area contributed by atoms with Crippen molar-refractivity contribution in [2.24, 2.45) is 10.8 Å². The number of imidazole rings is 1. The van der Waals surface area contributed by atoms with E-state index < -0.39 is 0 Å². The van der Waals surface area contributed by atoms with Gasteiger partial charge in [-0.1, -0.05) is 19.3 Å². The van der Waals surface area contributed by atoms with Crippen molar-refractivity contribution >= 4 is 5.96 Å². The predicted molar refractivity (Wildman–Crippen MR) is 76.5 cm³/mol. The van der Waals surface area contributed by atoms with Crippen LogP contribution in [0.2, 0.25) is 0 Å². The second-order valence-electron chi connectivity index (χ2n) is 4.99. The lowest BCUT2D eigenvalue weighted by Crippen LogP contribution is -2.47. The minimum Gasteiger partial charge on any atom is -0.353 e. The van der Waals surface area contributed by atoms with E-state index in [1.165, 1.54) is 32.1 Å². The summed E-state index contributed by atoms with van der Waals surface area (Å²) in [7, 11) is 0. The molecule has 1 aromatic heterocycles. The second kappa shape index (κ2) is 7.78. The van der Waals surface area contributed by atoms with Gasteiger partial charge in [-0.3, -0.25) is 10.4 Å². The van der Waals surface area contributed by atoms with E-state index in [1.807, 2.05) is 6.20 Å². The molecule has 5 N–H and O–H groups in total.